The molecule has 0 bridgehead atoms. The van der Waals surface area contributed by atoms with Crippen LogP contribution in [0.25, 0.3) is 0 Å². The maximum Gasteiger partial charge on any atom is 0.108 e. The minimum absolute atomic E-state index is 0.203. The van der Waals surface area contributed by atoms with E-state index >= 15 is 0 Å². The minimum Gasteiger partial charge on any atom is -0.389 e. The Morgan fingerprint density at radius 2 is 1.55 bits per heavy atom. The first-order valence-electron chi connectivity index (χ1n) is 3.52. The van der Waals surface area contributed by atoms with Crippen molar-refractivity contribution >= 4 is 0 Å². The van der Waals surface area contributed by atoms with Crippen molar-refractivity contribution in [3.63, 3.8) is 0 Å². The zero-order valence-corrected chi connectivity index (χ0v) is 6.09. The van der Waals surface area contributed by atoms with Crippen LogP contribution in [-0.2, 0) is 0 Å². The van der Waals surface area contributed by atoms with Crippen molar-refractivity contribution in [1.29, 1.82) is 0 Å². The highest BCUT2D eigenvalue weighted by molar-refractivity contribution is 4.85. The summed E-state index contributed by atoms with van der Waals surface area (Å²) in [7, 11) is 0. The van der Waals surface area contributed by atoms with Crippen LogP contribution in [0.15, 0.2) is 0 Å². The second-order valence-electron chi connectivity index (χ2n) is 2.80. The molecule has 0 spiro atoms. The summed E-state index contributed by atoms with van der Waals surface area (Å²) in [5.41, 5.74) is 0. The van der Waals surface area contributed by atoms with Crippen molar-refractivity contribution in [3.05, 3.63) is 0 Å². The summed E-state index contributed by atoms with van der Waals surface area (Å²) in [6, 6.07) is 0. The molecule has 0 aromatic rings. The molecule has 66 valence electrons. The number of likely N-dealkylation sites (tertiary alicyclic amines) is 1. The second kappa shape index (κ2) is 3.46. The lowest BCUT2D eigenvalue weighted by molar-refractivity contribution is -0.122. The van der Waals surface area contributed by atoms with E-state index in [2.05, 4.69) is 0 Å². The van der Waals surface area contributed by atoms with Gasteiger partial charge in [-0.1, -0.05) is 0 Å². The fraction of sp³-hybridized carbons (Fsp3) is 1.00. The number of aliphatic hydroxyl groups excluding tert-OH is 4. The summed E-state index contributed by atoms with van der Waals surface area (Å²) in [5.74, 6) is 0. The Morgan fingerprint density at radius 3 is 1.91 bits per heavy atom. The molecule has 5 heteroatoms. The summed E-state index contributed by atoms with van der Waals surface area (Å²) >= 11 is 0. The number of hydrogen-bond donors (Lipinski definition) is 4. The van der Waals surface area contributed by atoms with Gasteiger partial charge in [0.25, 0.3) is 0 Å². The van der Waals surface area contributed by atoms with Crippen LogP contribution >= 0.6 is 0 Å². The topological polar surface area (TPSA) is 84.2 Å². The zero-order valence-electron chi connectivity index (χ0n) is 6.09. The van der Waals surface area contributed by atoms with Gasteiger partial charge in [-0.25, -0.2) is 0 Å². The summed E-state index contributed by atoms with van der Waals surface area (Å²) in [4.78, 5) is 1.46. The highest BCUT2D eigenvalue weighted by Crippen LogP contribution is 2.10. The van der Waals surface area contributed by atoms with Gasteiger partial charge in [-0.2, -0.15) is 0 Å². The van der Waals surface area contributed by atoms with Gasteiger partial charge in [0.15, 0.2) is 0 Å². The number of aliphatic hydroxyl groups is 4. The summed E-state index contributed by atoms with van der Waals surface area (Å²) in [5, 5.41) is 35.9. The van der Waals surface area contributed by atoms with Gasteiger partial charge in [-0.3, -0.25) is 4.90 Å². The molecule has 0 radical (unpaired) electrons. The first kappa shape index (κ1) is 8.89. The van der Waals surface area contributed by atoms with Crippen LogP contribution < -0.4 is 0 Å². The average Bonchev–Trinajstić information content (AvgIpc) is 1.99. The third kappa shape index (κ3) is 1.88. The summed E-state index contributed by atoms with van der Waals surface area (Å²) in [6.45, 7) is 0.199. The predicted molar refractivity (Wildman–Crippen MR) is 36.7 cm³/mol. The fourth-order valence-corrected chi connectivity index (χ4v) is 1.19. The molecule has 0 aliphatic carbocycles. The fourth-order valence-electron chi connectivity index (χ4n) is 1.19. The molecule has 4 N–H and O–H groups in total. The van der Waals surface area contributed by atoms with E-state index in [1.807, 2.05) is 0 Å². The van der Waals surface area contributed by atoms with E-state index in [0.29, 0.717) is 0 Å². The molecule has 11 heavy (non-hydrogen) atoms. The molecule has 0 aromatic heterocycles. The van der Waals surface area contributed by atoms with E-state index in [-0.39, 0.29) is 19.8 Å². The third-order valence-electron chi connectivity index (χ3n) is 1.88. The Morgan fingerprint density at radius 1 is 1.09 bits per heavy atom. The average molecular weight is 163 g/mol. The first-order chi connectivity index (χ1) is 5.15. The quantitative estimate of drug-likeness (QED) is 0.339. The van der Waals surface area contributed by atoms with Crippen molar-refractivity contribution < 1.29 is 20.4 Å². The van der Waals surface area contributed by atoms with Crippen LogP contribution in [0.1, 0.15) is 0 Å². The van der Waals surface area contributed by atoms with Gasteiger partial charge in [0.1, 0.15) is 6.10 Å². The molecular formula is C6H13NO4. The highest BCUT2D eigenvalue weighted by Gasteiger charge is 2.32. The standard InChI is InChI=1S/C6H13NO4/c8-3-7-1-4(9)6(11)5(10)2-7/h4-6,8-11H,1-3H2/t4-,5+,6?. The second-order valence-corrected chi connectivity index (χ2v) is 2.80. The predicted octanol–water partition coefficient (Wildman–Crippen LogP) is -2.67. The maximum atomic E-state index is 9.09. The van der Waals surface area contributed by atoms with Gasteiger partial charge < -0.3 is 20.4 Å². The first-order valence-corrected chi connectivity index (χ1v) is 3.52. The van der Waals surface area contributed by atoms with E-state index in [1.165, 1.54) is 4.90 Å². The zero-order chi connectivity index (χ0) is 8.43. The van der Waals surface area contributed by atoms with E-state index < -0.39 is 18.3 Å². The molecule has 1 heterocycles. The Balaban J connectivity index is 2.47. The largest absolute Gasteiger partial charge is 0.389 e. The van der Waals surface area contributed by atoms with Crippen molar-refractivity contribution in [2.45, 2.75) is 18.3 Å². The molecule has 0 amide bonds. The number of rotatable bonds is 1. The Kier molecular flexibility index (Phi) is 2.80. The number of hydrogen-bond acceptors (Lipinski definition) is 5. The van der Waals surface area contributed by atoms with Crippen molar-refractivity contribution in [3.8, 4) is 0 Å². The molecule has 1 rings (SSSR count). The lowest BCUT2D eigenvalue weighted by Gasteiger charge is -2.35. The van der Waals surface area contributed by atoms with Crippen LogP contribution in [0.5, 0.6) is 0 Å². The smallest absolute Gasteiger partial charge is 0.108 e. The Labute approximate surface area is 64.5 Å². The molecule has 5 nitrogen and oxygen atoms in total. The van der Waals surface area contributed by atoms with E-state index in [9.17, 15) is 0 Å². The van der Waals surface area contributed by atoms with Crippen molar-refractivity contribution in [1.82, 2.24) is 4.90 Å². The van der Waals surface area contributed by atoms with Crippen LogP contribution in [-0.4, -0.2) is 63.5 Å². The van der Waals surface area contributed by atoms with Gasteiger partial charge in [-0.05, 0) is 0 Å². The van der Waals surface area contributed by atoms with Gasteiger partial charge in [0.05, 0.1) is 18.9 Å². The molecule has 1 aliphatic heterocycles. The molecular weight excluding hydrogens is 150 g/mol. The summed E-state index contributed by atoms with van der Waals surface area (Å²) in [6.07, 6.45) is -3.02. The molecule has 1 fully saturated rings. The highest BCUT2D eigenvalue weighted by atomic mass is 16.4. The van der Waals surface area contributed by atoms with Crippen molar-refractivity contribution in [2.75, 3.05) is 19.8 Å². The van der Waals surface area contributed by atoms with Crippen LogP contribution in [0.3, 0.4) is 0 Å². The molecule has 0 saturated carbocycles. The lowest BCUT2D eigenvalue weighted by atomic mass is 10.0. The Bertz CT molecular complexity index is 120. The van der Waals surface area contributed by atoms with Gasteiger partial charge in [-0.15, -0.1) is 0 Å². The molecule has 3 atom stereocenters. The van der Waals surface area contributed by atoms with E-state index in [4.69, 9.17) is 20.4 Å². The SMILES string of the molecule is OCN1C[C@@H](O)C(O)[C@@H](O)C1. The van der Waals surface area contributed by atoms with Crippen LogP contribution in [0.2, 0.25) is 0 Å². The van der Waals surface area contributed by atoms with Crippen molar-refractivity contribution in [2.24, 2.45) is 0 Å². The monoisotopic (exact) mass is 163 g/mol. The van der Waals surface area contributed by atoms with E-state index in [0.717, 1.165) is 0 Å². The molecule has 1 aliphatic rings. The van der Waals surface area contributed by atoms with Gasteiger partial charge >= 0.3 is 0 Å². The van der Waals surface area contributed by atoms with E-state index in [1.54, 1.807) is 0 Å². The van der Waals surface area contributed by atoms with Crippen LogP contribution in [0, 0.1) is 0 Å². The molecule has 1 unspecified atom stereocenters. The van der Waals surface area contributed by atoms with Gasteiger partial charge in [0, 0.05) is 13.1 Å². The van der Waals surface area contributed by atoms with Crippen LogP contribution in [0.4, 0.5) is 0 Å². The number of nitrogens with zero attached hydrogens (tertiary/aromatic N) is 1. The van der Waals surface area contributed by atoms with Gasteiger partial charge in [0.2, 0.25) is 0 Å². The normalized spacial score (nSPS) is 40.9. The minimum atomic E-state index is -1.09. The molecule has 0 aromatic carbocycles. The number of β-amino-alcohol motifs (C(OH)–C–C–N with tert-alkyl or cyclic N) is 2. The Hall–Kier alpha value is -0.200. The molecule has 1 saturated heterocycles. The lowest BCUT2D eigenvalue weighted by Crippen LogP contribution is -2.55. The summed E-state index contributed by atoms with van der Waals surface area (Å²) < 4.78 is 0. The number of piperidine rings is 1. The maximum absolute atomic E-state index is 9.09. The third-order valence-corrected chi connectivity index (χ3v) is 1.88.